The normalized spacial score (nSPS) is 19.8. The molecule has 1 fully saturated rings. The molecule has 2 aromatic rings. The van der Waals surface area contributed by atoms with Gasteiger partial charge in [0.25, 0.3) is 0 Å². The number of fused-ring (bicyclic) bond motifs is 1. The lowest BCUT2D eigenvalue weighted by molar-refractivity contribution is 0.139. The molecule has 2 aliphatic rings. The number of benzene rings is 1. The van der Waals surface area contributed by atoms with Crippen molar-refractivity contribution in [2.24, 2.45) is 0 Å². The number of hydrogen-bond acceptors (Lipinski definition) is 4. The van der Waals surface area contributed by atoms with Crippen LogP contribution in [0.4, 0.5) is 20.6 Å². The van der Waals surface area contributed by atoms with Crippen LogP contribution in [0.1, 0.15) is 24.5 Å². The summed E-state index contributed by atoms with van der Waals surface area (Å²) in [6.45, 7) is 3.84. The van der Waals surface area contributed by atoms with Crippen molar-refractivity contribution in [3.63, 3.8) is 0 Å². The zero-order valence-corrected chi connectivity index (χ0v) is 14.1. The minimum atomic E-state index is -0.406. The van der Waals surface area contributed by atoms with Crippen LogP contribution in [0.3, 0.4) is 0 Å². The maximum Gasteiger partial charge on any atom is 0.414 e. The first-order valence-corrected chi connectivity index (χ1v) is 8.60. The topological polar surface area (TPSA) is 45.7 Å². The summed E-state index contributed by atoms with van der Waals surface area (Å²) in [5, 5.41) is 0. The third-order valence-electron chi connectivity index (χ3n) is 4.93. The first-order chi connectivity index (χ1) is 12.2. The molecule has 0 spiro atoms. The van der Waals surface area contributed by atoms with Crippen LogP contribution in [0.25, 0.3) is 0 Å². The van der Waals surface area contributed by atoms with Gasteiger partial charge in [0.15, 0.2) is 0 Å². The Morgan fingerprint density at radius 1 is 1.32 bits per heavy atom. The van der Waals surface area contributed by atoms with E-state index in [9.17, 15) is 9.18 Å². The number of carbonyl (C=O) groups excluding carboxylic acids is 1. The van der Waals surface area contributed by atoms with Crippen LogP contribution >= 0.6 is 0 Å². The van der Waals surface area contributed by atoms with Crippen LogP contribution < -0.4 is 9.80 Å². The highest BCUT2D eigenvalue weighted by Gasteiger charge is 2.31. The van der Waals surface area contributed by atoms with Crippen LogP contribution in [0.2, 0.25) is 0 Å². The molecule has 1 aromatic carbocycles. The number of nitrogens with zero attached hydrogens (tertiary/aromatic N) is 3. The second-order valence-corrected chi connectivity index (χ2v) is 6.48. The monoisotopic (exact) mass is 341 g/mol. The molecule has 0 unspecified atom stereocenters. The predicted molar refractivity (Wildman–Crippen MR) is 93.3 cm³/mol. The fourth-order valence-electron chi connectivity index (χ4n) is 3.45. The molecule has 1 atom stereocenters. The van der Waals surface area contributed by atoms with Crippen molar-refractivity contribution < 1.29 is 13.9 Å². The van der Waals surface area contributed by atoms with Crippen molar-refractivity contribution in [2.45, 2.75) is 32.4 Å². The Balaban J connectivity index is 1.56. The molecular formula is C19H20FN3O2. The molecule has 0 saturated carbocycles. The minimum Gasteiger partial charge on any atom is -0.444 e. The SMILES string of the molecule is CC[C@H]1CN(c2ccc(N3CCc4ccncc4C3)c(F)c2)C(=O)O1. The van der Waals surface area contributed by atoms with Crippen molar-refractivity contribution in [3.05, 3.63) is 53.6 Å². The third kappa shape index (κ3) is 2.92. The lowest BCUT2D eigenvalue weighted by atomic mass is 10.0. The molecule has 0 radical (unpaired) electrons. The van der Waals surface area contributed by atoms with Crippen molar-refractivity contribution in [3.8, 4) is 0 Å². The fourth-order valence-corrected chi connectivity index (χ4v) is 3.45. The Kier molecular flexibility index (Phi) is 4.03. The molecular weight excluding hydrogens is 321 g/mol. The van der Waals surface area contributed by atoms with Crippen molar-refractivity contribution in [1.29, 1.82) is 0 Å². The van der Waals surface area contributed by atoms with Gasteiger partial charge in [-0.15, -0.1) is 0 Å². The Bertz CT molecular complexity index is 811. The van der Waals surface area contributed by atoms with E-state index in [1.165, 1.54) is 16.5 Å². The highest BCUT2D eigenvalue weighted by atomic mass is 19.1. The number of halogens is 1. The predicted octanol–water partition coefficient (Wildman–Crippen LogP) is 3.52. The van der Waals surface area contributed by atoms with Gasteiger partial charge in [-0.1, -0.05) is 6.92 Å². The number of anilines is 2. The molecule has 0 aliphatic carbocycles. The van der Waals surface area contributed by atoms with Crippen LogP contribution in [-0.4, -0.2) is 30.3 Å². The molecule has 5 nitrogen and oxygen atoms in total. The summed E-state index contributed by atoms with van der Waals surface area (Å²) >= 11 is 0. The van der Waals surface area contributed by atoms with Gasteiger partial charge in [0, 0.05) is 25.5 Å². The molecule has 1 aromatic heterocycles. The summed E-state index contributed by atoms with van der Waals surface area (Å²) in [6, 6.07) is 6.98. The van der Waals surface area contributed by atoms with Gasteiger partial charge in [-0.3, -0.25) is 9.88 Å². The van der Waals surface area contributed by atoms with Crippen molar-refractivity contribution in [2.75, 3.05) is 22.9 Å². The molecule has 1 amide bonds. The van der Waals surface area contributed by atoms with E-state index in [4.69, 9.17) is 4.74 Å². The molecule has 0 bridgehead atoms. The molecule has 1 saturated heterocycles. The number of rotatable bonds is 3. The summed E-state index contributed by atoms with van der Waals surface area (Å²) in [5.41, 5.74) is 3.50. The second-order valence-electron chi connectivity index (χ2n) is 6.48. The van der Waals surface area contributed by atoms with E-state index in [-0.39, 0.29) is 11.9 Å². The minimum absolute atomic E-state index is 0.124. The molecule has 130 valence electrons. The van der Waals surface area contributed by atoms with E-state index in [0.29, 0.717) is 24.5 Å². The third-order valence-corrected chi connectivity index (χ3v) is 4.93. The number of aromatic nitrogens is 1. The fraction of sp³-hybridized carbons (Fsp3) is 0.368. The van der Waals surface area contributed by atoms with Crippen LogP contribution in [0.5, 0.6) is 0 Å². The van der Waals surface area contributed by atoms with Crippen molar-refractivity contribution in [1.82, 2.24) is 4.98 Å². The number of amides is 1. The Morgan fingerprint density at radius 2 is 2.20 bits per heavy atom. The summed E-state index contributed by atoms with van der Waals surface area (Å²) in [7, 11) is 0. The van der Waals surface area contributed by atoms with Crippen LogP contribution in [0.15, 0.2) is 36.7 Å². The molecule has 25 heavy (non-hydrogen) atoms. The summed E-state index contributed by atoms with van der Waals surface area (Å²) < 4.78 is 20.0. The van der Waals surface area contributed by atoms with E-state index >= 15 is 0 Å². The average molecular weight is 341 g/mol. The van der Waals surface area contributed by atoms with Gasteiger partial charge in [-0.05, 0) is 48.2 Å². The quantitative estimate of drug-likeness (QED) is 0.857. The summed E-state index contributed by atoms with van der Waals surface area (Å²) in [6.07, 6.45) is 4.74. The van der Waals surface area contributed by atoms with Gasteiger partial charge < -0.3 is 9.64 Å². The number of hydrogen-bond donors (Lipinski definition) is 0. The van der Waals surface area contributed by atoms with Crippen LogP contribution in [-0.2, 0) is 17.7 Å². The van der Waals surface area contributed by atoms with Crippen molar-refractivity contribution >= 4 is 17.5 Å². The van der Waals surface area contributed by atoms with Crippen LogP contribution in [0, 0.1) is 5.82 Å². The Labute approximate surface area is 146 Å². The maximum atomic E-state index is 14.7. The number of carbonyl (C=O) groups is 1. The standard InChI is InChI=1S/C19H20FN3O2/c1-2-16-12-23(19(24)25-16)15-3-4-18(17(20)9-15)22-8-6-13-5-7-21-10-14(13)11-22/h3-5,7,9-10,16H,2,6,8,11-12H2,1H3/t16-/m0/s1. The zero-order chi connectivity index (χ0) is 17.4. The first kappa shape index (κ1) is 15.9. The van der Waals surface area contributed by atoms with Gasteiger partial charge >= 0.3 is 6.09 Å². The van der Waals surface area contributed by atoms with Gasteiger partial charge in [-0.25, -0.2) is 9.18 Å². The molecule has 0 N–H and O–H groups in total. The first-order valence-electron chi connectivity index (χ1n) is 8.60. The second kappa shape index (κ2) is 6.35. The maximum absolute atomic E-state index is 14.7. The van der Waals surface area contributed by atoms with Gasteiger partial charge in [0.05, 0.1) is 17.9 Å². The molecule has 6 heteroatoms. The summed E-state index contributed by atoms with van der Waals surface area (Å²) in [5.74, 6) is -0.322. The lowest BCUT2D eigenvalue weighted by Gasteiger charge is -2.31. The van der Waals surface area contributed by atoms with Gasteiger partial charge in [-0.2, -0.15) is 0 Å². The average Bonchev–Trinajstić information content (AvgIpc) is 3.02. The Morgan fingerprint density at radius 3 is 2.96 bits per heavy atom. The van der Waals surface area contributed by atoms with E-state index in [1.807, 2.05) is 24.1 Å². The van der Waals surface area contributed by atoms with Gasteiger partial charge in [0.1, 0.15) is 11.9 Å². The number of pyridine rings is 1. The number of cyclic esters (lactones) is 1. The van der Waals surface area contributed by atoms with E-state index in [2.05, 4.69) is 4.98 Å². The summed E-state index contributed by atoms with van der Waals surface area (Å²) in [4.78, 5) is 19.6. The highest BCUT2D eigenvalue weighted by molar-refractivity contribution is 5.90. The lowest BCUT2D eigenvalue weighted by Crippen LogP contribution is -2.31. The smallest absolute Gasteiger partial charge is 0.414 e. The number of ether oxygens (including phenoxy) is 1. The Hall–Kier alpha value is -2.63. The van der Waals surface area contributed by atoms with E-state index < -0.39 is 6.09 Å². The van der Waals surface area contributed by atoms with E-state index in [0.717, 1.165) is 24.9 Å². The highest BCUT2D eigenvalue weighted by Crippen LogP contribution is 2.31. The molecule has 4 rings (SSSR count). The van der Waals surface area contributed by atoms with Gasteiger partial charge in [0.2, 0.25) is 0 Å². The van der Waals surface area contributed by atoms with E-state index in [1.54, 1.807) is 18.3 Å². The molecule has 3 heterocycles. The zero-order valence-electron chi connectivity index (χ0n) is 14.1. The largest absolute Gasteiger partial charge is 0.444 e. The molecule has 2 aliphatic heterocycles.